The zero-order valence-electron chi connectivity index (χ0n) is 14.7. The Hall–Kier alpha value is -2.80. The normalized spacial score (nSPS) is 16.1. The van der Waals surface area contributed by atoms with Gasteiger partial charge in [-0.25, -0.2) is 4.79 Å². The van der Waals surface area contributed by atoms with Crippen LogP contribution in [0.3, 0.4) is 0 Å². The zero-order valence-corrected chi connectivity index (χ0v) is 14.7. The van der Waals surface area contributed by atoms with E-state index in [-0.39, 0.29) is 6.03 Å². The lowest BCUT2D eigenvalue weighted by Crippen LogP contribution is -2.46. The van der Waals surface area contributed by atoms with Gasteiger partial charge < -0.3 is 10.2 Å². The Labute approximate surface area is 149 Å². The van der Waals surface area contributed by atoms with Gasteiger partial charge in [0.1, 0.15) is 0 Å². The lowest BCUT2D eigenvalue weighted by Gasteiger charge is -2.37. The molecule has 4 nitrogen and oxygen atoms in total. The number of anilines is 1. The van der Waals surface area contributed by atoms with Crippen LogP contribution in [-0.2, 0) is 5.41 Å². The summed E-state index contributed by atoms with van der Waals surface area (Å²) in [6.45, 7) is 5.16. The number of nitrogens with zero attached hydrogens (tertiary/aromatic N) is 2. The van der Waals surface area contributed by atoms with Gasteiger partial charge >= 0.3 is 6.03 Å². The van der Waals surface area contributed by atoms with Crippen molar-refractivity contribution in [3.05, 3.63) is 65.2 Å². The predicted molar refractivity (Wildman–Crippen MR) is 99.5 cm³/mol. The minimum Gasteiger partial charge on any atom is -0.324 e. The molecule has 2 amide bonds. The molecule has 0 bridgehead atoms. The molecule has 0 unspecified atom stereocenters. The molecule has 0 atom stereocenters. The van der Waals surface area contributed by atoms with E-state index >= 15 is 0 Å². The Morgan fingerprint density at radius 3 is 2.44 bits per heavy atom. The van der Waals surface area contributed by atoms with Gasteiger partial charge in [0.2, 0.25) is 0 Å². The Balaban J connectivity index is 1.68. The van der Waals surface area contributed by atoms with Crippen molar-refractivity contribution in [1.29, 1.82) is 5.26 Å². The van der Waals surface area contributed by atoms with Crippen LogP contribution in [0.15, 0.2) is 48.5 Å². The molecule has 1 heterocycles. The standard InChI is InChI=1S/C21H23N3O/c1-16-8-9-17(2)19(14-16)23-20(25)24-12-10-21(15-22,11-13-24)18-6-4-3-5-7-18/h3-9,14H,10-13H2,1-2H3,(H,23,25). The van der Waals surface area contributed by atoms with Crippen molar-refractivity contribution < 1.29 is 4.79 Å². The first-order valence-electron chi connectivity index (χ1n) is 8.64. The van der Waals surface area contributed by atoms with E-state index in [1.807, 2.05) is 62.4 Å². The van der Waals surface area contributed by atoms with Gasteiger partial charge in [-0.2, -0.15) is 5.26 Å². The van der Waals surface area contributed by atoms with Gasteiger partial charge in [0.05, 0.1) is 11.5 Å². The summed E-state index contributed by atoms with van der Waals surface area (Å²) in [4.78, 5) is 14.4. The first kappa shape index (κ1) is 17.0. The van der Waals surface area contributed by atoms with Crippen molar-refractivity contribution in [2.45, 2.75) is 32.1 Å². The third-order valence-corrected chi connectivity index (χ3v) is 5.08. The van der Waals surface area contributed by atoms with Gasteiger partial charge in [0, 0.05) is 18.8 Å². The topological polar surface area (TPSA) is 56.1 Å². The molecule has 128 valence electrons. The van der Waals surface area contributed by atoms with Gasteiger partial charge in [-0.05, 0) is 49.4 Å². The molecule has 25 heavy (non-hydrogen) atoms. The number of amides is 2. The number of nitrogens with one attached hydrogen (secondary N) is 1. The van der Waals surface area contributed by atoms with Gasteiger partial charge in [0.25, 0.3) is 0 Å². The maximum Gasteiger partial charge on any atom is 0.321 e. The fourth-order valence-electron chi connectivity index (χ4n) is 3.38. The third kappa shape index (κ3) is 3.51. The van der Waals surface area contributed by atoms with Crippen LogP contribution in [-0.4, -0.2) is 24.0 Å². The second-order valence-corrected chi connectivity index (χ2v) is 6.80. The number of rotatable bonds is 2. The summed E-state index contributed by atoms with van der Waals surface area (Å²) in [6.07, 6.45) is 1.32. The molecule has 1 aliphatic rings. The number of urea groups is 1. The Bertz CT molecular complexity index is 800. The molecule has 1 fully saturated rings. The zero-order chi connectivity index (χ0) is 17.9. The molecule has 0 spiro atoms. The Kier molecular flexibility index (Phi) is 4.76. The van der Waals surface area contributed by atoms with Crippen LogP contribution in [0.5, 0.6) is 0 Å². The third-order valence-electron chi connectivity index (χ3n) is 5.08. The Morgan fingerprint density at radius 2 is 1.80 bits per heavy atom. The number of piperidine rings is 1. The number of hydrogen-bond acceptors (Lipinski definition) is 2. The number of aryl methyl sites for hydroxylation is 2. The lowest BCUT2D eigenvalue weighted by molar-refractivity contribution is 0.183. The number of carbonyl (C=O) groups excluding carboxylic acids is 1. The van der Waals surface area contributed by atoms with E-state index in [0.29, 0.717) is 25.9 Å². The van der Waals surface area contributed by atoms with E-state index in [0.717, 1.165) is 22.4 Å². The summed E-state index contributed by atoms with van der Waals surface area (Å²) >= 11 is 0. The molecular weight excluding hydrogens is 310 g/mol. The van der Waals surface area contributed by atoms with E-state index in [1.165, 1.54) is 0 Å². The summed E-state index contributed by atoms with van der Waals surface area (Å²) in [5, 5.41) is 12.8. The van der Waals surface area contributed by atoms with E-state index in [2.05, 4.69) is 11.4 Å². The van der Waals surface area contributed by atoms with Crippen LogP contribution in [0.4, 0.5) is 10.5 Å². The molecule has 3 rings (SSSR count). The minimum absolute atomic E-state index is 0.0895. The maximum atomic E-state index is 12.6. The molecule has 0 aliphatic carbocycles. The van der Waals surface area contributed by atoms with Crippen molar-refractivity contribution in [2.75, 3.05) is 18.4 Å². The van der Waals surface area contributed by atoms with Crippen LogP contribution in [0.2, 0.25) is 0 Å². The molecular formula is C21H23N3O. The largest absolute Gasteiger partial charge is 0.324 e. The quantitative estimate of drug-likeness (QED) is 0.886. The second kappa shape index (κ2) is 6.98. The van der Waals surface area contributed by atoms with Gasteiger partial charge in [0.15, 0.2) is 0 Å². The van der Waals surface area contributed by atoms with Crippen LogP contribution >= 0.6 is 0 Å². The average molecular weight is 333 g/mol. The second-order valence-electron chi connectivity index (χ2n) is 6.80. The van der Waals surface area contributed by atoms with Gasteiger partial charge in [-0.1, -0.05) is 42.5 Å². The predicted octanol–water partition coefficient (Wildman–Crippen LogP) is 4.39. The highest BCUT2D eigenvalue weighted by Crippen LogP contribution is 2.35. The summed E-state index contributed by atoms with van der Waals surface area (Å²) < 4.78 is 0. The molecule has 1 saturated heterocycles. The molecule has 1 N–H and O–H groups in total. The van der Waals surface area contributed by atoms with Crippen molar-refractivity contribution in [1.82, 2.24) is 4.90 Å². The molecule has 4 heteroatoms. The van der Waals surface area contributed by atoms with Crippen LogP contribution in [0, 0.1) is 25.2 Å². The van der Waals surface area contributed by atoms with Gasteiger partial charge in [-0.3, -0.25) is 0 Å². The maximum absolute atomic E-state index is 12.6. The van der Waals surface area contributed by atoms with Crippen molar-refractivity contribution >= 4 is 11.7 Å². The highest BCUT2D eigenvalue weighted by Gasteiger charge is 2.37. The summed E-state index contributed by atoms with van der Waals surface area (Å²) in [5.41, 5.74) is 3.58. The highest BCUT2D eigenvalue weighted by atomic mass is 16.2. The number of carbonyl (C=O) groups is 1. The number of benzene rings is 2. The monoisotopic (exact) mass is 333 g/mol. The number of hydrogen-bond donors (Lipinski definition) is 1. The van der Waals surface area contributed by atoms with Gasteiger partial charge in [-0.15, -0.1) is 0 Å². The lowest BCUT2D eigenvalue weighted by atomic mass is 9.74. The summed E-state index contributed by atoms with van der Waals surface area (Å²) in [7, 11) is 0. The summed E-state index contributed by atoms with van der Waals surface area (Å²) in [5.74, 6) is 0. The molecule has 2 aromatic rings. The Morgan fingerprint density at radius 1 is 1.12 bits per heavy atom. The fourth-order valence-corrected chi connectivity index (χ4v) is 3.38. The first-order chi connectivity index (χ1) is 12.0. The number of nitriles is 1. The molecule has 0 saturated carbocycles. The van der Waals surface area contributed by atoms with E-state index in [9.17, 15) is 10.1 Å². The van der Waals surface area contributed by atoms with E-state index in [4.69, 9.17) is 0 Å². The smallest absolute Gasteiger partial charge is 0.321 e. The highest BCUT2D eigenvalue weighted by molar-refractivity contribution is 5.90. The van der Waals surface area contributed by atoms with Crippen molar-refractivity contribution in [2.24, 2.45) is 0 Å². The number of likely N-dealkylation sites (tertiary alicyclic amines) is 1. The fraction of sp³-hybridized carbons (Fsp3) is 0.333. The average Bonchev–Trinajstić information content (AvgIpc) is 2.65. The van der Waals surface area contributed by atoms with Crippen LogP contribution in [0.1, 0.15) is 29.5 Å². The molecule has 0 aromatic heterocycles. The minimum atomic E-state index is -0.489. The van der Waals surface area contributed by atoms with Crippen molar-refractivity contribution in [3.63, 3.8) is 0 Å². The van der Waals surface area contributed by atoms with Crippen LogP contribution in [0.25, 0.3) is 0 Å². The van der Waals surface area contributed by atoms with E-state index < -0.39 is 5.41 Å². The molecule has 0 radical (unpaired) electrons. The molecule has 2 aromatic carbocycles. The van der Waals surface area contributed by atoms with E-state index in [1.54, 1.807) is 4.90 Å². The first-order valence-corrected chi connectivity index (χ1v) is 8.64. The van der Waals surface area contributed by atoms with Crippen molar-refractivity contribution in [3.8, 4) is 6.07 Å². The summed E-state index contributed by atoms with van der Waals surface area (Å²) in [6, 6.07) is 18.4. The SMILES string of the molecule is Cc1ccc(C)c(NC(=O)N2CCC(C#N)(c3ccccc3)CC2)c1. The van der Waals surface area contributed by atoms with Crippen LogP contribution < -0.4 is 5.32 Å². The molecule has 1 aliphatic heterocycles.